The van der Waals surface area contributed by atoms with Gasteiger partial charge in [-0.25, -0.2) is 13.9 Å². The minimum Gasteiger partial charge on any atom is -0.330 e. The number of nitrogens with zero attached hydrogens (tertiary/aromatic N) is 4. The Balaban J connectivity index is 1.45. The van der Waals surface area contributed by atoms with Crippen LogP contribution in [0.15, 0.2) is 47.5 Å². The predicted molar refractivity (Wildman–Crippen MR) is 91.0 cm³/mol. The molecule has 1 fully saturated rings. The van der Waals surface area contributed by atoms with Gasteiger partial charge in [0.1, 0.15) is 0 Å². The van der Waals surface area contributed by atoms with Crippen LogP contribution in [0.3, 0.4) is 0 Å². The minimum atomic E-state index is 0.131. The lowest BCUT2D eigenvalue weighted by molar-refractivity contribution is -0.922. The molecule has 118 valence electrons. The van der Waals surface area contributed by atoms with Crippen LogP contribution in [0.25, 0.3) is 10.1 Å². The lowest BCUT2D eigenvalue weighted by Gasteiger charge is -2.31. The number of fused-ring (bicyclic) bond motifs is 1. The highest BCUT2D eigenvalue weighted by atomic mass is 32.1. The second-order valence-electron chi connectivity index (χ2n) is 5.72. The van der Waals surface area contributed by atoms with Crippen LogP contribution in [0.2, 0.25) is 0 Å². The van der Waals surface area contributed by atoms with Crippen LogP contribution in [0.5, 0.6) is 0 Å². The van der Waals surface area contributed by atoms with Gasteiger partial charge < -0.3 is 9.80 Å². The first-order valence-electron chi connectivity index (χ1n) is 7.76. The highest BCUT2D eigenvalue weighted by molar-refractivity contribution is 7.13. The quantitative estimate of drug-likeness (QED) is 0.747. The summed E-state index contributed by atoms with van der Waals surface area (Å²) in [6.07, 6.45) is 3.55. The van der Waals surface area contributed by atoms with Crippen LogP contribution < -0.4 is 15.4 Å². The molecule has 0 saturated carbocycles. The van der Waals surface area contributed by atoms with Crippen molar-refractivity contribution in [3.63, 3.8) is 0 Å². The Morgan fingerprint density at radius 3 is 2.57 bits per heavy atom. The van der Waals surface area contributed by atoms with E-state index in [9.17, 15) is 4.79 Å². The number of hydrogen-bond acceptors (Lipinski definition) is 5. The number of benzene rings is 1. The lowest BCUT2D eigenvalue weighted by Crippen LogP contribution is -3.14. The third-order valence-corrected chi connectivity index (χ3v) is 5.29. The molecular formula is C16H18N5OS+. The Morgan fingerprint density at radius 2 is 1.83 bits per heavy atom. The maximum absolute atomic E-state index is 12.4. The van der Waals surface area contributed by atoms with Gasteiger partial charge in [-0.1, -0.05) is 23.7 Å². The fraction of sp³-hybridized carbons (Fsp3) is 0.312. The maximum atomic E-state index is 12.4. The number of hydrogen-bond donors (Lipinski definition) is 1. The molecule has 0 unspecified atom stereocenters. The molecule has 0 atom stereocenters. The van der Waals surface area contributed by atoms with Crippen LogP contribution in [0.1, 0.15) is 0 Å². The largest absolute Gasteiger partial charge is 0.330 e. The first kappa shape index (κ1) is 14.3. The Kier molecular flexibility index (Phi) is 3.80. The summed E-state index contributed by atoms with van der Waals surface area (Å²) < 4.78 is 2.95. The summed E-state index contributed by atoms with van der Waals surface area (Å²) in [4.78, 5) is 24.7. The van der Waals surface area contributed by atoms with E-state index in [2.05, 4.69) is 14.9 Å². The fourth-order valence-electron chi connectivity index (χ4n) is 2.96. The fourth-order valence-corrected chi connectivity index (χ4v) is 4.02. The van der Waals surface area contributed by atoms with E-state index in [-0.39, 0.29) is 5.56 Å². The van der Waals surface area contributed by atoms with Gasteiger partial charge in [0.25, 0.3) is 5.56 Å². The lowest BCUT2D eigenvalue weighted by atomic mass is 10.3. The molecular weight excluding hydrogens is 310 g/mol. The molecule has 1 aromatic carbocycles. The van der Waals surface area contributed by atoms with E-state index < -0.39 is 0 Å². The van der Waals surface area contributed by atoms with E-state index in [0.717, 1.165) is 48.9 Å². The van der Waals surface area contributed by atoms with Crippen LogP contribution in [-0.2, 0) is 6.67 Å². The maximum Gasteiger partial charge on any atom is 0.273 e. The molecule has 1 aliphatic rings. The predicted octanol–water partition coefficient (Wildman–Crippen LogP) is 0.216. The minimum absolute atomic E-state index is 0.131. The highest BCUT2D eigenvalue weighted by Crippen LogP contribution is 2.15. The average Bonchev–Trinajstić information content (AvgIpc) is 2.93. The molecule has 3 aromatic rings. The van der Waals surface area contributed by atoms with Gasteiger partial charge in [0.05, 0.1) is 36.3 Å². The van der Waals surface area contributed by atoms with Crippen molar-refractivity contribution < 1.29 is 4.90 Å². The van der Waals surface area contributed by atoms with Crippen LogP contribution in [0, 0.1) is 0 Å². The van der Waals surface area contributed by atoms with E-state index in [1.54, 1.807) is 23.9 Å². The molecule has 0 bridgehead atoms. The second-order valence-corrected chi connectivity index (χ2v) is 6.78. The molecule has 0 radical (unpaired) electrons. The van der Waals surface area contributed by atoms with Gasteiger partial charge in [-0.3, -0.25) is 4.79 Å². The molecule has 1 N–H and O–H groups in total. The molecule has 0 amide bonds. The topological polar surface area (TPSA) is 55.5 Å². The van der Waals surface area contributed by atoms with Gasteiger partial charge in [-0.15, -0.1) is 0 Å². The zero-order valence-corrected chi connectivity index (χ0v) is 13.5. The number of anilines is 1. The third-order valence-electron chi connectivity index (χ3n) is 4.23. The van der Waals surface area contributed by atoms with Crippen molar-refractivity contribution >= 4 is 27.6 Å². The van der Waals surface area contributed by atoms with Crippen molar-refractivity contribution in [1.82, 2.24) is 13.9 Å². The van der Waals surface area contributed by atoms with Crippen LogP contribution >= 0.6 is 11.5 Å². The van der Waals surface area contributed by atoms with Gasteiger partial charge in [-0.05, 0) is 18.2 Å². The van der Waals surface area contributed by atoms with Crippen molar-refractivity contribution in [1.29, 1.82) is 0 Å². The molecule has 1 saturated heterocycles. The number of quaternary nitrogens is 1. The van der Waals surface area contributed by atoms with Crippen molar-refractivity contribution in [3.05, 3.63) is 53.1 Å². The van der Waals surface area contributed by atoms with Crippen molar-refractivity contribution in [2.24, 2.45) is 0 Å². The Hall–Kier alpha value is -2.25. The summed E-state index contributed by atoms with van der Waals surface area (Å²) in [6.45, 7) is 4.54. The molecule has 3 heterocycles. The molecule has 0 aliphatic carbocycles. The van der Waals surface area contributed by atoms with Gasteiger partial charge in [0.2, 0.25) is 5.95 Å². The smallest absolute Gasteiger partial charge is 0.273 e. The molecule has 1 aliphatic heterocycles. The molecule has 23 heavy (non-hydrogen) atoms. The number of aromatic nitrogens is 3. The van der Waals surface area contributed by atoms with Gasteiger partial charge in [-0.2, -0.15) is 0 Å². The summed E-state index contributed by atoms with van der Waals surface area (Å²) in [5.74, 6) is 0.797. The summed E-state index contributed by atoms with van der Waals surface area (Å²) in [7, 11) is 0. The average molecular weight is 328 g/mol. The molecule has 6 nitrogen and oxygen atoms in total. The first-order chi connectivity index (χ1) is 11.3. The van der Waals surface area contributed by atoms with E-state index in [1.165, 1.54) is 4.90 Å². The molecule has 7 heteroatoms. The zero-order valence-electron chi connectivity index (χ0n) is 12.7. The number of rotatable bonds is 3. The van der Waals surface area contributed by atoms with Gasteiger partial charge >= 0.3 is 0 Å². The van der Waals surface area contributed by atoms with E-state index in [4.69, 9.17) is 0 Å². The SMILES string of the molecule is O=c1c2ccccc2sn1C[NH+]1CCN(c2ncccn2)CC1. The molecule has 0 spiro atoms. The normalized spacial score (nSPS) is 16.1. The monoisotopic (exact) mass is 328 g/mol. The van der Waals surface area contributed by atoms with E-state index >= 15 is 0 Å². The summed E-state index contributed by atoms with van der Waals surface area (Å²) in [6, 6.07) is 9.65. The molecule has 2 aromatic heterocycles. The third kappa shape index (κ3) is 2.85. The second kappa shape index (κ2) is 6.10. The summed E-state index contributed by atoms with van der Waals surface area (Å²) in [5, 5.41) is 0.827. The Bertz CT molecular complexity index is 852. The summed E-state index contributed by atoms with van der Waals surface area (Å²) >= 11 is 1.56. The van der Waals surface area contributed by atoms with Gasteiger partial charge in [0.15, 0.2) is 6.67 Å². The van der Waals surface area contributed by atoms with Crippen molar-refractivity contribution in [2.45, 2.75) is 6.67 Å². The Labute approximate surface area is 137 Å². The van der Waals surface area contributed by atoms with Crippen LogP contribution in [-0.4, -0.2) is 40.1 Å². The zero-order chi connectivity index (χ0) is 15.6. The van der Waals surface area contributed by atoms with Crippen molar-refractivity contribution in [3.8, 4) is 0 Å². The molecule has 4 rings (SSSR count). The van der Waals surface area contributed by atoms with E-state index in [1.807, 2.05) is 34.3 Å². The highest BCUT2D eigenvalue weighted by Gasteiger charge is 2.22. The first-order valence-corrected chi connectivity index (χ1v) is 8.53. The number of piperazine rings is 1. The van der Waals surface area contributed by atoms with E-state index in [0.29, 0.717) is 0 Å². The van der Waals surface area contributed by atoms with Gasteiger partial charge in [0, 0.05) is 12.4 Å². The van der Waals surface area contributed by atoms with Crippen LogP contribution in [0.4, 0.5) is 5.95 Å². The van der Waals surface area contributed by atoms with Crippen molar-refractivity contribution in [2.75, 3.05) is 31.1 Å². The summed E-state index contributed by atoms with van der Waals surface area (Å²) in [5.41, 5.74) is 0.131. The number of nitrogens with one attached hydrogen (secondary N) is 1. The standard InChI is InChI=1S/C16H17N5OS/c22-15-13-4-1-2-5-14(13)23-21(15)12-19-8-10-20(11-9-19)16-17-6-3-7-18-16/h1-7H,8-12H2/p+1. The Morgan fingerprint density at radius 1 is 1.09 bits per heavy atom.